The van der Waals surface area contributed by atoms with Crippen LogP contribution in [0.25, 0.3) is 0 Å². The highest BCUT2D eigenvalue weighted by Crippen LogP contribution is 2.33. The van der Waals surface area contributed by atoms with E-state index in [4.69, 9.17) is 0 Å². The molecule has 12 heavy (non-hydrogen) atoms. The Morgan fingerprint density at radius 2 is 1.92 bits per heavy atom. The first kappa shape index (κ1) is 9.89. The van der Waals surface area contributed by atoms with E-state index in [1.807, 2.05) is 15.9 Å². The van der Waals surface area contributed by atoms with Gasteiger partial charge in [-0.25, -0.2) is 0 Å². The molecule has 1 saturated heterocycles. The summed E-state index contributed by atoms with van der Waals surface area (Å²) in [5.41, 5.74) is 0. The van der Waals surface area contributed by atoms with Crippen LogP contribution in [0.15, 0.2) is 0 Å². The van der Waals surface area contributed by atoms with E-state index < -0.39 is 10.7 Å². The predicted octanol–water partition coefficient (Wildman–Crippen LogP) is 1.98. The Morgan fingerprint density at radius 1 is 1.50 bits per heavy atom. The van der Waals surface area contributed by atoms with Crippen LogP contribution in [0, 0.1) is 0 Å². The van der Waals surface area contributed by atoms with Crippen molar-refractivity contribution in [2.24, 2.45) is 0 Å². The van der Waals surface area contributed by atoms with Crippen LogP contribution >= 0.6 is 15.9 Å². The quantitative estimate of drug-likeness (QED) is 0.644. The lowest BCUT2D eigenvalue weighted by molar-refractivity contribution is -0.157. The molecule has 0 radical (unpaired) electrons. The summed E-state index contributed by atoms with van der Waals surface area (Å²) < 4.78 is 24.9. The van der Waals surface area contributed by atoms with Crippen LogP contribution in [0.5, 0.6) is 0 Å². The zero-order chi connectivity index (χ0) is 9.52. The van der Waals surface area contributed by atoms with Gasteiger partial charge in [-0.1, -0.05) is 0 Å². The van der Waals surface area contributed by atoms with E-state index in [0.29, 0.717) is 0 Å². The molecule has 1 heterocycles. The minimum atomic E-state index is -3.41. The largest absolute Gasteiger partial charge is 0.377 e. The van der Waals surface area contributed by atoms with Crippen LogP contribution in [0.1, 0.15) is 20.3 Å². The number of alkyl halides is 3. The fourth-order valence-corrected chi connectivity index (χ4v) is 1.77. The van der Waals surface area contributed by atoms with Gasteiger partial charge in [0.05, 0.1) is 0 Å². The van der Waals surface area contributed by atoms with Crippen LogP contribution < -0.4 is 0 Å². The summed E-state index contributed by atoms with van der Waals surface area (Å²) in [5, 5.41) is 0. The molecule has 2 nitrogen and oxygen atoms in total. The van der Waals surface area contributed by atoms with Crippen LogP contribution in [-0.2, 0) is 4.79 Å². The van der Waals surface area contributed by atoms with Crippen molar-refractivity contribution in [3.8, 4) is 0 Å². The minimum Gasteiger partial charge on any atom is -0.331 e. The second-order valence-corrected chi connectivity index (χ2v) is 4.14. The molecule has 0 aromatic heterocycles. The molecule has 5 heteroatoms. The van der Waals surface area contributed by atoms with E-state index in [2.05, 4.69) is 0 Å². The molecule has 2 unspecified atom stereocenters. The van der Waals surface area contributed by atoms with E-state index in [1.165, 1.54) is 4.90 Å². The maximum Gasteiger partial charge on any atom is 0.377 e. The van der Waals surface area contributed by atoms with E-state index in [9.17, 15) is 13.6 Å². The lowest BCUT2D eigenvalue weighted by atomic mass is 9.96. The second-order valence-electron chi connectivity index (χ2n) is 3.14. The molecule has 0 N–H and O–H groups in total. The molecule has 0 aromatic carbocycles. The Bertz CT molecular complexity index is 196. The lowest BCUT2D eigenvalue weighted by Gasteiger charge is -2.45. The topological polar surface area (TPSA) is 20.3 Å². The van der Waals surface area contributed by atoms with Crippen molar-refractivity contribution >= 4 is 21.8 Å². The van der Waals surface area contributed by atoms with Gasteiger partial charge < -0.3 is 4.90 Å². The molecule has 0 spiro atoms. The molecule has 1 aliphatic rings. The SMILES string of the molecule is CC1CC(C)N1C(=O)C(F)(F)Br. The number of nitrogens with zero attached hydrogens (tertiary/aromatic N) is 1. The Hall–Kier alpha value is -0.190. The number of rotatable bonds is 1. The van der Waals surface area contributed by atoms with Crippen LogP contribution in [0.3, 0.4) is 0 Å². The van der Waals surface area contributed by atoms with Crippen molar-refractivity contribution in [1.82, 2.24) is 4.90 Å². The maximum absolute atomic E-state index is 12.5. The standard InChI is InChI=1S/C7H10BrF2NO/c1-4-3-5(2)11(4)6(12)7(8,9)10/h4-5H,3H2,1-2H3. The number of carbonyl (C=O) groups excluding carboxylic acids is 1. The predicted molar refractivity (Wildman–Crippen MR) is 44.3 cm³/mol. The third-order valence-electron chi connectivity index (χ3n) is 2.11. The molecule has 70 valence electrons. The van der Waals surface area contributed by atoms with E-state index in [1.54, 1.807) is 13.8 Å². The molecule has 0 aromatic rings. The summed E-state index contributed by atoms with van der Waals surface area (Å²) in [6.07, 6.45) is 0.800. The second kappa shape index (κ2) is 2.94. The first-order chi connectivity index (χ1) is 5.34. The van der Waals surface area contributed by atoms with Crippen molar-refractivity contribution < 1.29 is 13.6 Å². The molecule has 1 amide bonds. The molecular formula is C7H10BrF2NO. The van der Waals surface area contributed by atoms with Crippen LogP contribution in [-0.4, -0.2) is 27.7 Å². The summed E-state index contributed by atoms with van der Waals surface area (Å²) in [6, 6.07) is -0.119. The fraction of sp³-hybridized carbons (Fsp3) is 0.857. The monoisotopic (exact) mass is 241 g/mol. The minimum absolute atomic E-state index is 0.0593. The summed E-state index contributed by atoms with van der Waals surface area (Å²) in [6.45, 7) is 3.52. The highest BCUT2D eigenvalue weighted by Gasteiger charge is 2.46. The third kappa shape index (κ3) is 1.60. The zero-order valence-corrected chi connectivity index (χ0v) is 8.44. The lowest BCUT2D eigenvalue weighted by Crippen LogP contribution is -2.59. The van der Waals surface area contributed by atoms with Gasteiger partial charge in [0.25, 0.3) is 0 Å². The van der Waals surface area contributed by atoms with Crippen molar-refractivity contribution in [2.75, 3.05) is 0 Å². The summed E-state index contributed by atoms with van der Waals surface area (Å²) in [7, 11) is 0. The van der Waals surface area contributed by atoms with Crippen molar-refractivity contribution in [1.29, 1.82) is 0 Å². The smallest absolute Gasteiger partial charge is 0.331 e. The number of carbonyl (C=O) groups is 1. The summed E-state index contributed by atoms with van der Waals surface area (Å²) in [4.78, 5) is 8.79. The van der Waals surface area contributed by atoms with Gasteiger partial charge >= 0.3 is 10.7 Å². The number of hydrogen-bond acceptors (Lipinski definition) is 1. The molecule has 0 aliphatic carbocycles. The molecule has 1 aliphatic heterocycles. The Balaban J connectivity index is 2.65. The first-order valence-electron chi connectivity index (χ1n) is 3.73. The van der Waals surface area contributed by atoms with Crippen molar-refractivity contribution in [3.63, 3.8) is 0 Å². The molecular weight excluding hydrogens is 232 g/mol. The molecule has 1 rings (SSSR count). The van der Waals surface area contributed by atoms with Gasteiger partial charge in [0.1, 0.15) is 0 Å². The average Bonchev–Trinajstić information content (AvgIpc) is 1.84. The molecule has 0 bridgehead atoms. The van der Waals surface area contributed by atoms with Crippen LogP contribution in [0.4, 0.5) is 8.78 Å². The average molecular weight is 242 g/mol. The van der Waals surface area contributed by atoms with Crippen molar-refractivity contribution in [3.05, 3.63) is 0 Å². The molecule has 1 fully saturated rings. The van der Waals surface area contributed by atoms with E-state index >= 15 is 0 Å². The molecule has 2 atom stereocenters. The fourth-order valence-electron chi connectivity index (χ4n) is 1.56. The molecule has 0 saturated carbocycles. The van der Waals surface area contributed by atoms with Crippen molar-refractivity contribution in [2.45, 2.75) is 37.2 Å². The van der Waals surface area contributed by atoms with Gasteiger partial charge in [-0.3, -0.25) is 4.79 Å². The number of amides is 1. The first-order valence-corrected chi connectivity index (χ1v) is 4.53. The highest BCUT2D eigenvalue weighted by molar-refractivity contribution is 9.10. The third-order valence-corrected chi connectivity index (χ3v) is 2.45. The van der Waals surface area contributed by atoms with Gasteiger partial charge in [0, 0.05) is 28.0 Å². The maximum atomic E-state index is 12.5. The van der Waals surface area contributed by atoms with Gasteiger partial charge in [0.2, 0.25) is 0 Å². The summed E-state index contributed by atoms with van der Waals surface area (Å²) in [5.74, 6) is -1.13. The van der Waals surface area contributed by atoms with E-state index in [-0.39, 0.29) is 12.1 Å². The zero-order valence-electron chi connectivity index (χ0n) is 6.85. The van der Waals surface area contributed by atoms with Gasteiger partial charge in [0.15, 0.2) is 0 Å². The Kier molecular flexibility index (Phi) is 2.42. The Labute approximate surface area is 78.0 Å². The van der Waals surface area contributed by atoms with E-state index in [0.717, 1.165) is 6.42 Å². The Morgan fingerprint density at radius 3 is 2.08 bits per heavy atom. The summed E-state index contributed by atoms with van der Waals surface area (Å²) >= 11 is 2.05. The number of hydrogen-bond donors (Lipinski definition) is 0. The van der Waals surface area contributed by atoms with Gasteiger partial charge in [-0.2, -0.15) is 8.78 Å². The normalized spacial score (nSPS) is 29.9. The number of halogens is 3. The highest BCUT2D eigenvalue weighted by atomic mass is 79.9. The van der Waals surface area contributed by atoms with Gasteiger partial charge in [-0.05, 0) is 20.3 Å². The van der Waals surface area contributed by atoms with Crippen LogP contribution in [0.2, 0.25) is 0 Å². The number of likely N-dealkylation sites (tertiary alicyclic amines) is 1. The van der Waals surface area contributed by atoms with Gasteiger partial charge in [-0.15, -0.1) is 0 Å².